The van der Waals surface area contributed by atoms with Crippen LogP contribution in [-0.4, -0.2) is 38.7 Å². The summed E-state index contributed by atoms with van der Waals surface area (Å²) in [7, 11) is 0. The molecule has 0 bridgehead atoms. The van der Waals surface area contributed by atoms with Crippen molar-refractivity contribution in [2.45, 2.75) is 24.9 Å². The molecule has 2 aromatic rings. The zero-order chi connectivity index (χ0) is 13.9. The molecule has 0 spiro atoms. The minimum absolute atomic E-state index is 0.0152. The van der Waals surface area contributed by atoms with Gasteiger partial charge in [-0.1, -0.05) is 35.5 Å². The van der Waals surface area contributed by atoms with E-state index in [4.69, 9.17) is 5.11 Å². The molecule has 0 saturated heterocycles. The van der Waals surface area contributed by atoms with Crippen LogP contribution in [0.5, 0.6) is 0 Å². The average molecular weight is 272 g/mol. The Kier molecular flexibility index (Phi) is 3.47. The Morgan fingerprint density at radius 2 is 2.20 bits per heavy atom. The molecule has 2 N–H and O–H groups in total. The number of carbonyl (C=O) groups is 1. The van der Waals surface area contributed by atoms with E-state index in [-0.39, 0.29) is 5.69 Å². The smallest absolute Gasteiger partial charge is 0.358 e. The summed E-state index contributed by atoms with van der Waals surface area (Å²) >= 11 is 0. The molecule has 1 aromatic carbocycles. The van der Waals surface area contributed by atoms with Gasteiger partial charge in [-0.05, 0) is 12.0 Å². The number of aromatic nitrogens is 3. The predicted molar refractivity (Wildman–Crippen MR) is 72.6 cm³/mol. The molecule has 1 aliphatic rings. The van der Waals surface area contributed by atoms with Crippen molar-refractivity contribution in [3.63, 3.8) is 0 Å². The number of aromatic carboxylic acids is 1. The summed E-state index contributed by atoms with van der Waals surface area (Å²) in [6, 6.07) is 11.0. The van der Waals surface area contributed by atoms with E-state index in [2.05, 4.69) is 39.9 Å². The normalized spacial score (nSPS) is 20.8. The lowest BCUT2D eigenvalue weighted by atomic mass is 10.1. The Morgan fingerprint density at radius 1 is 1.40 bits per heavy atom. The number of carboxylic acids is 1. The first-order chi connectivity index (χ1) is 9.74. The minimum Gasteiger partial charge on any atom is -0.476 e. The molecule has 0 amide bonds. The fourth-order valence-corrected chi connectivity index (χ4v) is 2.36. The zero-order valence-electron chi connectivity index (χ0n) is 10.9. The Hall–Kier alpha value is -2.21. The number of benzene rings is 1. The summed E-state index contributed by atoms with van der Waals surface area (Å²) in [5, 5.41) is 19.6. The number of hydrogen-bond donors (Lipinski definition) is 2. The molecule has 104 valence electrons. The summed E-state index contributed by atoms with van der Waals surface area (Å²) in [6.07, 6.45) is 2.60. The number of rotatable bonds is 6. The van der Waals surface area contributed by atoms with Gasteiger partial charge in [-0.3, -0.25) is 4.68 Å². The van der Waals surface area contributed by atoms with Crippen LogP contribution in [-0.2, 0) is 6.54 Å². The number of nitrogens with zero attached hydrogens (tertiary/aromatic N) is 3. The molecule has 2 atom stereocenters. The van der Waals surface area contributed by atoms with E-state index in [1.807, 2.05) is 6.07 Å². The van der Waals surface area contributed by atoms with Gasteiger partial charge in [-0.2, -0.15) is 0 Å². The highest BCUT2D eigenvalue weighted by atomic mass is 16.4. The SMILES string of the molecule is O=C(O)c1cn(CCNC2CC2c2ccccc2)nn1. The van der Waals surface area contributed by atoms with Gasteiger partial charge in [0.25, 0.3) is 0 Å². The van der Waals surface area contributed by atoms with Gasteiger partial charge in [0.1, 0.15) is 0 Å². The van der Waals surface area contributed by atoms with Gasteiger partial charge < -0.3 is 10.4 Å². The first-order valence-electron chi connectivity index (χ1n) is 6.66. The molecule has 1 saturated carbocycles. The lowest BCUT2D eigenvalue weighted by Gasteiger charge is -2.04. The number of carboxylic acid groups (broad SMARTS) is 1. The molecule has 6 nitrogen and oxygen atoms in total. The number of hydrogen-bond acceptors (Lipinski definition) is 4. The Morgan fingerprint density at radius 3 is 2.90 bits per heavy atom. The lowest BCUT2D eigenvalue weighted by molar-refractivity contribution is 0.0690. The predicted octanol–water partition coefficient (Wildman–Crippen LogP) is 1.12. The van der Waals surface area contributed by atoms with Crippen molar-refractivity contribution >= 4 is 5.97 Å². The average Bonchev–Trinajstić information content (AvgIpc) is 3.07. The molecule has 20 heavy (non-hydrogen) atoms. The fraction of sp³-hybridized carbons (Fsp3) is 0.357. The van der Waals surface area contributed by atoms with E-state index in [1.165, 1.54) is 11.8 Å². The molecule has 6 heteroatoms. The van der Waals surface area contributed by atoms with Crippen molar-refractivity contribution < 1.29 is 9.90 Å². The molecule has 1 fully saturated rings. The van der Waals surface area contributed by atoms with Crippen LogP contribution in [0, 0.1) is 0 Å². The maximum atomic E-state index is 10.7. The van der Waals surface area contributed by atoms with Crippen LogP contribution in [0.25, 0.3) is 0 Å². The summed E-state index contributed by atoms with van der Waals surface area (Å²) in [5.41, 5.74) is 1.36. The standard InChI is InChI=1S/C14H16N4O2/c19-14(20)13-9-18(17-16-13)7-6-15-12-8-11(12)10-4-2-1-3-5-10/h1-5,9,11-12,15H,6-8H2,(H,19,20). The summed E-state index contributed by atoms with van der Waals surface area (Å²) in [6.45, 7) is 1.38. The number of nitrogens with one attached hydrogen (secondary N) is 1. The summed E-state index contributed by atoms with van der Waals surface area (Å²) < 4.78 is 1.55. The largest absolute Gasteiger partial charge is 0.476 e. The van der Waals surface area contributed by atoms with Crippen molar-refractivity contribution in [1.29, 1.82) is 0 Å². The van der Waals surface area contributed by atoms with Crippen LogP contribution in [0.4, 0.5) is 0 Å². The fourth-order valence-electron chi connectivity index (χ4n) is 2.36. The van der Waals surface area contributed by atoms with Gasteiger partial charge in [0, 0.05) is 18.5 Å². The maximum Gasteiger partial charge on any atom is 0.358 e. The molecular formula is C14H16N4O2. The first kappa shape index (κ1) is 12.8. The third-order valence-corrected chi connectivity index (χ3v) is 3.52. The van der Waals surface area contributed by atoms with E-state index in [9.17, 15) is 4.79 Å². The van der Waals surface area contributed by atoms with Crippen LogP contribution >= 0.6 is 0 Å². The van der Waals surface area contributed by atoms with Gasteiger partial charge in [-0.25, -0.2) is 4.79 Å². The third-order valence-electron chi connectivity index (χ3n) is 3.52. The van der Waals surface area contributed by atoms with Gasteiger partial charge in [0.2, 0.25) is 0 Å². The lowest BCUT2D eigenvalue weighted by Crippen LogP contribution is -2.23. The van der Waals surface area contributed by atoms with Crippen molar-refractivity contribution in [1.82, 2.24) is 20.3 Å². The van der Waals surface area contributed by atoms with E-state index in [0.29, 0.717) is 18.5 Å². The molecule has 0 aliphatic heterocycles. The van der Waals surface area contributed by atoms with E-state index in [0.717, 1.165) is 13.0 Å². The Bertz CT molecular complexity index is 596. The minimum atomic E-state index is -1.05. The molecular weight excluding hydrogens is 256 g/mol. The maximum absolute atomic E-state index is 10.7. The third kappa shape index (κ3) is 2.85. The van der Waals surface area contributed by atoms with E-state index < -0.39 is 5.97 Å². The Balaban J connectivity index is 1.44. The second kappa shape index (κ2) is 5.42. The van der Waals surface area contributed by atoms with Gasteiger partial charge in [0.05, 0.1) is 12.7 Å². The van der Waals surface area contributed by atoms with Crippen molar-refractivity contribution in [3.05, 3.63) is 47.8 Å². The van der Waals surface area contributed by atoms with Crippen LogP contribution in [0.2, 0.25) is 0 Å². The van der Waals surface area contributed by atoms with E-state index in [1.54, 1.807) is 4.68 Å². The highest BCUT2D eigenvalue weighted by Gasteiger charge is 2.37. The zero-order valence-corrected chi connectivity index (χ0v) is 10.9. The monoisotopic (exact) mass is 272 g/mol. The van der Waals surface area contributed by atoms with Crippen molar-refractivity contribution in [3.8, 4) is 0 Å². The summed E-state index contributed by atoms with van der Waals surface area (Å²) in [4.78, 5) is 10.7. The first-order valence-corrected chi connectivity index (χ1v) is 6.66. The van der Waals surface area contributed by atoms with Gasteiger partial charge >= 0.3 is 5.97 Å². The second-order valence-electron chi connectivity index (χ2n) is 4.99. The van der Waals surface area contributed by atoms with Crippen molar-refractivity contribution in [2.75, 3.05) is 6.54 Å². The van der Waals surface area contributed by atoms with Crippen LogP contribution in [0.3, 0.4) is 0 Å². The topological polar surface area (TPSA) is 80.0 Å². The molecule has 1 heterocycles. The highest BCUT2D eigenvalue weighted by Crippen LogP contribution is 2.40. The molecule has 1 aliphatic carbocycles. The van der Waals surface area contributed by atoms with Crippen LogP contribution < -0.4 is 5.32 Å². The molecule has 1 aromatic heterocycles. The molecule has 3 rings (SSSR count). The quantitative estimate of drug-likeness (QED) is 0.823. The van der Waals surface area contributed by atoms with Crippen LogP contribution in [0.15, 0.2) is 36.5 Å². The molecule has 0 radical (unpaired) electrons. The molecule has 2 unspecified atom stereocenters. The highest BCUT2D eigenvalue weighted by molar-refractivity contribution is 5.84. The van der Waals surface area contributed by atoms with Crippen molar-refractivity contribution in [2.24, 2.45) is 0 Å². The van der Waals surface area contributed by atoms with Gasteiger partial charge in [0.15, 0.2) is 5.69 Å². The van der Waals surface area contributed by atoms with Gasteiger partial charge in [-0.15, -0.1) is 5.10 Å². The van der Waals surface area contributed by atoms with Crippen LogP contribution in [0.1, 0.15) is 28.4 Å². The van der Waals surface area contributed by atoms with E-state index >= 15 is 0 Å². The summed E-state index contributed by atoms with van der Waals surface area (Å²) in [5.74, 6) is -0.447. The second-order valence-corrected chi connectivity index (χ2v) is 4.99. The Labute approximate surface area is 116 Å².